The van der Waals surface area contributed by atoms with Crippen molar-refractivity contribution >= 4 is 24.0 Å². The Labute approximate surface area is 178 Å². The molecular weight excluding hydrogens is 393 g/mol. The van der Waals surface area contributed by atoms with Gasteiger partial charge in [0, 0.05) is 42.7 Å². The molecule has 1 heterocycles. The van der Waals surface area contributed by atoms with Crippen LogP contribution in [0.2, 0.25) is 5.02 Å². The lowest BCUT2D eigenvalue weighted by molar-refractivity contribution is 0.306. The zero-order valence-corrected chi connectivity index (χ0v) is 17.6. The Morgan fingerprint density at radius 2 is 1.86 bits per heavy atom. The summed E-state index contributed by atoms with van der Waals surface area (Å²) < 4.78 is 5.87. The maximum Gasteiger partial charge on any atom is 0.119 e. The van der Waals surface area contributed by atoms with Crippen molar-refractivity contribution in [2.24, 2.45) is 5.73 Å². The molecule has 6 heteroatoms. The first-order valence-electron chi connectivity index (χ1n) is 9.86. The second-order valence-electron chi connectivity index (χ2n) is 7.74. The van der Waals surface area contributed by atoms with Crippen molar-refractivity contribution in [2.75, 3.05) is 26.2 Å². The van der Waals surface area contributed by atoms with Gasteiger partial charge in [0.15, 0.2) is 0 Å². The molecule has 3 atom stereocenters. The highest BCUT2D eigenvalue weighted by Crippen LogP contribution is 2.41. The Morgan fingerprint density at radius 1 is 1.11 bits per heavy atom. The quantitative estimate of drug-likeness (QED) is 0.679. The van der Waals surface area contributed by atoms with Crippen LogP contribution in [0.5, 0.6) is 5.75 Å². The zero-order chi connectivity index (χ0) is 18.6. The molecule has 2 aromatic carbocycles. The zero-order valence-electron chi connectivity index (χ0n) is 16.0. The van der Waals surface area contributed by atoms with E-state index in [9.17, 15) is 0 Å². The summed E-state index contributed by atoms with van der Waals surface area (Å²) in [5.41, 5.74) is 8.48. The smallest absolute Gasteiger partial charge is 0.119 e. The molecule has 0 spiro atoms. The number of benzene rings is 2. The van der Waals surface area contributed by atoms with Crippen LogP contribution < -0.4 is 15.8 Å². The fourth-order valence-electron chi connectivity index (χ4n) is 3.82. The van der Waals surface area contributed by atoms with Crippen LogP contribution in [0.25, 0.3) is 0 Å². The fraction of sp³-hybridized carbons (Fsp3) is 0.455. The lowest BCUT2D eigenvalue weighted by Crippen LogP contribution is -2.33. The number of hydrogen-bond donors (Lipinski definition) is 2. The molecule has 1 saturated carbocycles. The van der Waals surface area contributed by atoms with Gasteiger partial charge in [-0.05, 0) is 54.8 Å². The lowest BCUT2D eigenvalue weighted by atomic mass is 10.1. The first-order valence-corrected chi connectivity index (χ1v) is 10.2. The molecule has 2 fully saturated rings. The van der Waals surface area contributed by atoms with E-state index in [2.05, 4.69) is 34.5 Å². The summed E-state index contributed by atoms with van der Waals surface area (Å²) in [6, 6.07) is 17.3. The average molecular weight is 422 g/mol. The van der Waals surface area contributed by atoms with Crippen molar-refractivity contribution in [1.29, 1.82) is 0 Å². The van der Waals surface area contributed by atoms with Crippen LogP contribution in [0, 0.1) is 0 Å². The van der Waals surface area contributed by atoms with Gasteiger partial charge in [0.2, 0.25) is 0 Å². The van der Waals surface area contributed by atoms with Crippen molar-refractivity contribution in [3.8, 4) is 5.75 Å². The summed E-state index contributed by atoms with van der Waals surface area (Å²) >= 11 is 5.91. The second-order valence-corrected chi connectivity index (χ2v) is 8.17. The molecule has 4 rings (SSSR count). The van der Waals surface area contributed by atoms with E-state index in [1.54, 1.807) is 0 Å². The van der Waals surface area contributed by atoms with Crippen molar-refractivity contribution in [2.45, 2.75) is 37.5 Å². The molecular formula is C22H29Cl2N3O. The molecule has 4 nitrogen and oxygen atoms in total. The summed E-state index contributed by atoms with van der Waals surface area (Å²) in [4.78, 5) is 2.46. The first kappa shape index (κ1) is 21.4. The summed E-state index contributed by atoms with van der Waals surface area (Å²) in [5.74, 6) is 1.54. The molecule has 0 amide bonds. The van der Waals surface area contributed by atoms with Crippen LogP contribution >= 0.6 is 24.0 Å². The highest BCUT2D eigenvalue weighted by Gasteiger charge is 2.37. The molecule has 0 unspecified atom stereocenters. The third-order valence-corrected chi connectivity index (χ3v) is 5.81. The number of nitrogens with one attached hydrogen (secondary N) is 1. The molecule has 2 aromatic rings. The average Bonchev–Trinajstić information content (AvgIpc) is 3.34. The fourth-order valence-corrected chi connectivity index (χ4v) is 3.95. The van der Waals surface area contributed by atoms with Gasteiger partial charge in [-0.3, -0.25) is 0 Å². The third kappa shape index (κ3) is 5.85. The van der Waals surface area contributed by atoms with Crippen LogP contribution in [-0.4, -0.2) is 43.2 Å². The normalized spacial score (nSPS) is 24.0. The van der Waals surface area contributed by atoms with E-state index in [1.165, 1.54) is 12.0 Å². The van der Waals surface area contributed by atoms with Gasteiger partial charge in [0.1, 0.15) is 12.4 Å². The van der Waals surface area contributed by atoms with Gasteiger partial charge in [-0.25, -0.2) is 0 Å². The number of nitrogens with two attached hydrogens (primary N) is 1. The summed E-state index contributed by atoms with van der Waals surface area (Å²) in [5, 5.41) is 4.44. The van der Waals surface area contributed by atoms with Crippen LogP contribution in [-0.2, 0) is 6.61 Å². The summed E-state index contributed by atoms with van der Waals surface area (Å²) in [6.07, 6.45) is 2.36. The van der Waals surface area contributed by atoms with Crippen LogP contribution in [0.4, 0.5) is 0 Å². The minimum Gasteiger partial charge on any atom is -0.489 e. The van der Waals surface area contributed by atoms with E-state index in [0.717, 1.165) is 48.9 Å². The molecule has 0 aromatic heterocycles. The molecule has 28 heavy (non-hydrogen) atoms. The number of rotatable bonds is 8. The van der Waals surface area contributed by atoms with Gasteiger partial charge in [0.25, 0.3) is 0 Å². The molecule has 3 N–H and O–H groups in total. The van der Waals surface area contributed by atoms with Crippen LogP contribution in [0.3, 0.4) is 0 Å². The van der Waals surface area contributed by atoms with Crippen molar-refractivity contribution in [3.63, 3.8) is 0 Å². The number of ether oxygens (including phenoxy) is 1. The predicted molar refractivity (Wildman–Crippen MR) is 118 cm³/mol. The summed E-state index contributed by atoms with van der Waals surface area (Å²) in [6.45, 7) is 4.91. The molecule has 0 radical (unpaired) electrons. The number of halogens is 2. The number of likely N-dealkylation sites (tertiary alicyclic amines) is 1. The van der Waals surface area contributed by atoms with Crippen molar-refractivity contribution < 1.29 is 4.74 Å². The predicted octanol–water partition coefficient (Wildman–Crippen LogP) is 3.82. The topological polar surface area (TPSA) is 50.5 Å². The highest BCUT2D eigenvalue weighted by atomic mass is 35.5. The Kier molecular flexibility index (Phi) is 7.61. The minimum absolute atomic E-state index is 0. The van der Waals surface area contributed by atoms with Gasteiger partial charge < -0.3 is 20.7 Å². The Balaban J connectivity index is 0.00000225. The van der Waals surface area contributed by atoms with Gasteiger partial charge in [0.05, 0.1) is 0 Å². The number of hydrogen-bond acceptors (Lipinski definition) is 4. The molecule has 1 saturated heterocycles. The van der Waals surface area contributed by atoms with E-state index >= 15 is 0 Å². The van der Waals surface area contributed by atoms with E-state index in [0.29, 0.717) is 24.6 Å². The van der Waals surface area contributed by atoms with Crippen LogP contribution in [0.1, 0.15) is 29.9 Å². The van der Waals surface area contributed by atoms with Crippen molar-refractivity contribution in [3.05, 3.63) is 64.7 Å². The summed E-state index contributed by atoms with van der Waals surface area (Å²) in [7, 11) is 0. The van der Waals surface area contributed by atoms with E-state index in [1.807, 2.05) is 24.3 Å². The molecule has 1 aliphatic heterocycles. The largest absolute Gasteiger partial charge is 0.489 e. The standard InChI is InChI=1S/C22H28ClN3O.ClH/c23-18-5-1-16(2-6-18)15-27-20-7-3-17(4-8-20)21-13-22(21)25-10-12-26-11-9-19(24)14-26;/h1-8,19,21-22,25H,9-15,24H2;1H/t19-,21+,22-;/m1./s1. The van der Waals surface area contributed by atoms with E-state index in [4.69, 9.17) is 22.1 Å². The molecule has 2 aliphatic rings. The van der Waals surface area contributed by atoms with Crippen LogP contribution in [0.15, 0.2) is 48.5 Å². The number of nitrogens with zero attached hydrogens (tertiary/aromatic N) is 1. The maximum absolute atomic E-state index is 5.96. The van der Waals surface area contributed by atoms with Crippen molar-refractivity contribution in [1.82, 2.24) is 10.2 Å². The maximum atomic E-state index is 5.96. The Morgan fingerprint density at radius 3 is 2.54 bits per heavy atom. The Bertz CT molecular complexity index is 738. The lowest BCUT2D eigenvalue weighted by Gasteiger charge is -2.15. The highest BCUT2D eigenvalue weighted by molar-refractivity contribution is 6.30. The monoisotopic (exact) mass is 421 g/mol. The van der Waals surface area contributed by atoms with E-state index in [-0.39, 0.29) is 12.4 Å². The van der Waals surface area contributed by atoms with Gasteiger partial charge >= 0.3 is 0 Å². The second kappa shape index (κ2) is 9.95. The molecule has 152 valence electrons. The van der Waals surface area contributed by atoms with Gasteiger partial charge in [-0.1, -0.05) is 35.9 Å². The van der Waals surface area contributed by atoms with Gasteiger partial charge in [-0.15, -0.1) is 12.4 Å². The van der Waals surface area contributed by atoms with Gasteiger partial charge in [-0.2, -0.15) is 0 Å². The first-order chi connectivity index (χ1) is 13.2. The van der Waals surface area contributed by atoms with E-state index < -0.39 is 0 Å². The third-order valence-electron chi connectivity index (χ3n) is 5.56. The Hall–Kier alpha value is -1.30. The molecule has 0 bridgehead atoms. The SMILES string of the molecule is Cl.N[C@@H]1CCN(CCN[C@@H]2C[C@H]2c2ccc(OCc3ccc(Cl)cc3)cc2)C1. The minimum atomic E-state index is 0. The molecule has 1 aliphatic carbocycles.